The molecule has 130 valence electrons. The Morgan fingerprint density at radius 2 is 1.69 bits per heavy atom. The van der Waals surface area contributed by atoms with Crippen molar-refractivity contribution >= 4 is 29.4 Å². The number of carbonyl (C=O) groups is 2. The van der Waals surface area contributed by atoms with Crippen molar-refractivity contribution in [2.75, 3.05) is 5.32 Å². The van der Waals surface area contributed by atoms with Gasteiger partial charge in [-0.25, -0.2) is 14.2 Å². The molecule has 0 radical (unpaired) electrons. The van der Waals surface area contributed by atoms with Crippen LogP contribution in [0.25, 0.3) is 11.3 Å². The molecule has 2 aromatic carbocycles. The normalized spacial score (nSPS) is 10.2. The van der Waals surface area contributed by atoms with Crippen molar-refractivity contribution in [2.24, 2.45) is 0 Å². The number of anilines is 1. The Bertz CT molecular complexity index is 946. The van der Waals surface area contributed by atoms with Gasteiger partial charge in [0.05, 0.1) is 28.7 Å². The third kappa shape index (κ3) is 4.20. The second-order valence-electron chi connectivity index (χ2n) is 5.18. The first-order valence-electron chi connectivity index (χ1n) is 7.48. The Labute approximate surface area is 153 Å². The summed E-state index contributed by atoms with van der Waals surface area (Å²) in [4.78, 5) is 32.1. The molecule has 26 heavy (non-hydrogen) atoms. The number of halogens is 2. The van der Waals surface area contributed by atoms with Gasteiger partial charge < -0.3 is 0 Å². The first kappa shape index (κ1) is 17.5. The van der Waals surface area contributed by atoms with E-state index in [-0.39, 0.29) is 22.2 Å². The molecule has 0 fully saturated rings. The fraction of sp³-hybridized carbons (Fsp3) is 0. The van der Waals surface area contributed by atoms with Crippen molar-refractivity contribution in [3.05, 3.63) is 77.3 Å². The summed E-state index contributed by atoms with van der Waals surface area (Å²) < 4.78 is 12.9. The summed E-state index contributed by atoms with van der Waals surface area (Å²) >= 11 is 5.91. The highest BCUT2D eigenvalue weighted by Gasteiger charge is 2.13. The van der Waals surface area contributed by atoms with Crippen LogP contribution in [-0.2, 0) is 0 Å². The van der Waals surface area contributed by atoms with Crippen LogP contribution in [0.3, 0.4) is 0 Å². The predicted molar refractivity (Wildman–Crippen MR) is 95.4 cm³/mol. The highest BCUT2D eigenvalue weighted by molar-refractivity contribution is 6.34. The molecule has 3 rings (SSSR count). The van der Waals surface area contributed by atoms with Gasteiger partial charge in [0.15, 0.2) is 5.82 Å². The molecule has 0 saturated carbocycles. The largest absolute Gasteiger partial charge is 0.327 e. The number of carbonyl (C=O) groups excluding carboxylic acids is 2. The van der Waals surface area contributed by atoms with Crippen LogP contribution in [0.1, 0.15) is 10.4 Å². The Hall–Kier alpha value is -3.32. The summed E-state index contributed by atoms with van der Waals surface area (Å²) in [7, 11) is 0. The van der Waals surface area contributed by atoms with E-state index in [1.165, 1.54) is 30.6 Å². The summed E-state index contributed by atoms with van der Waals surface area (Å²) in [5.41, 5.74) is 1.38. The molecule has 0 saturated heterocycles. The lowest BCUT2D eigenvalue weighted by molar-refractivity contribution is 0.0967. The number of amides is 3. The molecule has 0 unspecified atom stereocenters. The van der Waals surface area contributed by atoms with Gasteiger partial charge >= 0.3 is 6.03 Å². The summed E-state index contributed by atoms with van der Waals surface area (Å²) in [5.74, 6) is -0.829. The molecule has 0 aliphatic rings. The van der Waals surface area contributed by atoms with Gasteiger partial charge in [-0.15, -0.1) is 0 Å². The van der Waals surface area contributed by atoms with Gasteiger partial charge in [0.25, 0.3) is 5.91 Å². The van der Waals surface area contributed by atoms with Gasteiger partial charge in [-0.05, 0) is 36.4 Å². The number of urea groups is 1. The SMILES string of the molecule is O=C(NC(=O)c1ccccc1Cl)Nc1cnc(-c2ccc(F)cc2)cn1. The van der Waals surface area contributed by atoms with Crippen LogP contribution in [0.15, 0.2) is 60.9 Å². The molecule has 8 heteroatoms. The van der Waals surface area contributed by atoms with Gasteiger partial charge in [0.2, 0.25) is 0 Å². The third-order valence-corrected chi connectivity index (χ3v) is 3.71. The standard InChI is InChI=1S/C18H12ClFN4O2/c19-14-4-2-1-3-13(14)17(25)24-18(26)23-16-10-21-15(9-22-16)11-5-7-12(20)8-6-11/h1-10H,(H2,22,23,24,25,26). The molecule has 0 atom stereocenters. The van der Waals surface area contributed by atoms with E-state index in [0.29, 0.717) is 11.3 Å². The van der Waals surface area contributed by atoms with E-state index in [4.69, 9.17) is 11.6 Å². The second kappa shape index (κ2) is 7.71. The Balaban J connectivity index is 1.63. The number of aromatic nitrogens is 2. The molecule has 0 aliphatic heterocycles. The van der Waals surface area contributed by atoms with Crippen LogP contribution in [0.5, 0.6) is 0 Å². The van der Waals surface area contributed by atoms with E-state index < -0.39 is 11.9 Å². The molecule has 0 bridgehead atoms. The zero-order valence-corrected chi connectivity index (χ0v) is 14.0. The van der Waals surface area contributed by atoms with Crippen molar-refractivity contribution in [3.63, 3.8) is 0 Å². The quantitative estimate of drug-likeness (QED) is 0.732. The zero-order chi connectivity index (χ0) is 18.5. The van der Waals surface area contributed by atoms with E-state index in [2.05, 4.69) is 20.6 Å². The van der Waals surface area contributed by atoms with E-state index in [1.807, 2.05) is 0 Å². The molecule has 0 spiro atoms. The highest BCUT2D eigenvalue weighted by Crippen LogP contribution is 2.17. The maximum Gasteiger partial charge on any atom is 0.327 e. The average Bonchev–Trinajstić information content (AvgIpc) is 2.63. The first-order chi connectivity index (χ1) is 12.5. The lowest BCUT2D eigenvalue weighted by Crippen LogP contribution is -2.34. The smallest absolute Gasteiger partial charge is 0.291 e. The fourth-order valence-corrected chi connectivity index (χ4v) is 2.35. The molecule has 3 aromatic rings. The fourth-order valence-electron chi connectivity index (χ4n) is 2.13. The van der Waals surface area contributed by atoms with Crippen LogP contribution in [-0.4, -0.2) is 21.9 Å². The minimum atomic E-state index is -0.765. The topological polar surface area (TPSA) is 84.0 Å². The van der Waals surface area contributed by atoms with Gasteiger partial charge in [-0.3, -0.25) is 20.4 Å². The Morgan fingerprint density at radius 1 is 0.962 bits per heavy atom. The molecule has 1 heterocycles. The Morgan fingerprint density at radius 3 is 2.35 bits per heavy atom. The van der Waals surface area contributed by atoms with Crippen LogP contribution in [0, 0.1) is 5.82 Å². The number of hydrogen-bond donors (Lipinski definition) is 2. The van der Waals surface area contributed by atoms with Gasteiger partial charge in [-0.2, -0.15) is 0 Å². The van der Waals surface area contributed by atoms with E-state index in [0.717, 1.165) is 0 Å². The summed E-state index contributed by atoms with van der Waals surface area (Å²) in [6.45, 7) is 0. The first-order valence-corrected chi connectivity index (χ1v) is 7.85. The lowest BCUT2D eigenvalue weighted by Gasteiger charge is -2.07. The minimum absolute atomic E-state index is 0.153. The van der Waals surface area contributed by atoms with E-state index >= 15 is 0 Å². The van der Waals surface area contributed by atoms with Crippen LogP contribution >= 0.6 is 11.6 Å². The van der Waals surface area contributed by atoms with Crippen molar-refractivity contribution in [3.8, 4) is 11.3 Å². The molecule has 0 aliphatic carbocycles. The second-order valence-corrected chi connectivity index (χ2v) is 5.59. The van der Waals surface area contributed by atoms with Crippen LogP contribution in [0.2, 0.25) is 5.02 Å². The summed E-state index contributed by atoms with van der Waals surface area (Å²) in [5, 5.41) is 4.79. The van der Waals surface area contributed by atoms with Crippen molar-refractivity contribution < 1.29 is 14.0 Å². The highest BCUT2D eigenvalue weighted by atomic mass is 35.5. The van der Waals surface area contributed by atoms with E-state index in [1.54, 1.807) is 30.3 Å². The van der Waals surface area contributed by atoms with Gasteiger partial charge in [0.1, 0.15) is 5.82 Å². The zero-order valence-electron chi connectivity index (χ0n) is 13.2. The van der Waals surface area contributed by atoms with Crippen LogP contribution < -0.4 is 10.6 Å². The number of imide groups is 1. The number of hydrogen-bond acceptors (Lipinski definition) is 4. The third-order valence-electron chi connectivity index (χ3n) is 3.38. The van der Waals surface area contributed by atoms with Gasteiger partial charge in [0, 0.05) is 5.56 Å². The minimum Gasteiger partial charge on any atom is -0.291 e. The number of nitrogens with zero attached hydrogens (tertiary/aromatic N) is 2. The van der Waals surface area contributed by atoms with Crippen molar-refractivity contribution in [2.45, 2.75) is 0 Å². The molecule has 2 N–H and O–H groups in total. The molecule has 6 nitrogen and oxygen atoms in total. The predicted octanol–water partition coefficient (Wildman–Crippen LogP) is 3.90. The number of benzene rings is 2. The lowest BCUT2D eigenvalue weighted by atomic mass is 10.1. The summed E-state index contributed by atoms with van der Waals surface area (Å²) in [6, 6.07) is 11.4. The van der Waals surface area contributed by atoms with Gasteiger partial charge in [-0.1, -0.05) is 23.7 Å². The number of rotatable bonds is 3. The maximum atomic E-state index is 12.9. The monoisotopic (exact) mass is 370 g/mol. The summed E-state index contributed by atoms with van der Waals surface area (Å²) in [6.07, 6.45) is 2.76. The molecular weight excluding hydrogens is 359 g/mol. The van der Waals surface area contributed by atoms with E-state index in [9.17, 15) is 14.0 Å². The van der Waals surface area contributed by atoms with Crippen molar-refractivity contribution in [1.29, 1.82) is 0 Å². The molecule has 1 aromatic heterocycles. The Kier molecular flexibility index (Phi) is 5.19. The van der Waals surface area contributed by atoms with Crippen molar-refractivity contribution in [1.82, 2.24) is 15.3 Å². The van der Waals surface area contributed by atoms with Crippen LogP contribution in [0.4, 0.5) is 15.0 Å². The molecular formula is C18H12ClFN4O2. The maximum absolute atomic E-state index is 12.9. The number of nitrogens with one attached hydrogen (secondary N) is 2. The average molecular weight is 371 g/mol. The molecule has 3 amide bonds.